The van der Waals surface area contributed by atoms with E-state index in [0.29, 0.717) is 30.9 Å². The molecule has 0 saturated carbocycles. The molecule has 2 rings (SSSR count). The Bertz CT molecular complexity index is 598. The van der Waals surface area contributed by atoms with Crippen molar-refractivity contribution in [2.45, 2.75) is 19.3 Å². The quantitative estimate of drug-likeness (QED) is 0.700. The number of hydrogen-bond acceptors (Lipinski definition) is 4. The van der Waals surface area contributed by atoms with Crippen LogP contribution in [-0.2, 0) is 4.74 Å². The second kappa shape index (κ2) is 8.29. The third kappa shape index (κ3) is 4.15. The van der Waals surface area contributed by atoms with Gasteiger partial charge in [0.1, 0.15) is 5.75 Å². The zero-order chi connectivity index (χ0) is 15.8. The molecule has 4 nitrogen and oxygen atoms in total. The van der Waals surface area contributed by atoms with Crippen molar-refractivity contribution in [3.8, 4) is 5.75 Å². The number of pyridine rings is 1. The molecule has 0 radical (unpaired) electrons. The van der Waals surface area contributed by atoms with E-state index in [-0.39, 0.29) is 11.7 Å². The summed E-state index contributed by atoms with van der Waals surface area (Å²) >= 11 is 0. The molecule has 2 aromatic rings. The van der Waals surface area contributed by atoms with Crippen LogP contribution in [0.4, 0.5) is 0 Å². The Hall–Kier alpha value is -2.20. The maximum Gasteiger partial charge on any atom is 0.167 e. The lowest BCUT2D eigenvalue weighted by molar-refractivity contribution is 0.0912. The van der Waals surface area contributed by atoms with Crippen LogP contribution in [0, 0.1) is 0 Å². The molecule has 0 aliphatic carbocycles. The second-order valence-electron chi connectivity index (χ2n) is 4.94. The smallest absolute Gasteiger partial charge is 0.167 e. The first-order valence-electron chi connectivity index (χ1n) is 7.41. The van der Waals surface area contributed by atoms with Crippen LogP contribution in [0.1, 0.15) is 35.3 Å². The highest BCUT2D eigenvalue weighted by Crippen LogP contribution is 2.25. The highest BCUT2D eigenvalue weighted by molar-refractivity contribution is 5.99. The Kier molecular flexibility index (Phi) is 6.10. The number of aromatic nitrogens is 1. The van der Waals surface area contributed by atoms with Gasteiger partial charge in [-0.2, -0.15) is 0 Å². The van der Waals surface area contributed by atoms with Crippen molar-refractivity contribution >= 4 is 5.78 Å². The van der Waals surface area contributed by atoms with Crippen LogP contribution in [0.25, 0.3) is 0 Å². The number of ketones is 1. The maximum absolute atomic E-state index is 12.6. The molecule has 0 spiro atoms. The summed E-state index contributed by atoms with van der Waals surface area (Å²) in [5.74, 6) is 0.579. The van der Waals surface area contributed by atoms with Crippen molar-refractivity contribution in [1.82, 2.24) is 4.98 Å². The maximum atomic E-state index is 12.6. The lowest BCUT2D eigenvalue weighted by atomic mass is 9.95. The molecule has 0 N–H and O–H groups in total. The van der Waals surface area contributed by atoms with Crippen molar-refractivity contribution < 1.29 is 14.3 Å². The van der Waals surface area contributed by atoms with E-state index < -0.39 is 0 Å². The molecule has 1 aromatic carbocycles. The fourth-order valence-electron chi connectivity index (χ4n) is 2.34. The van der Waals surface area contributed by atoms with E-state index >= 15 is 0 Å². The minimum atomic E-state index is -0.0569. The largest absolute Gasteiger partial charge is 0.496 e. The van der Waals surface area contributed by atoms with Crippen LogP contribution in [0.15, 0.2) is 48.7 Å². The van der Waals surface area contributed by atoms with Gasteiger partial charge < -0.3 is 9.47 Å². The number of carbonyl (C=O) groups excluding carboxylic acids is 1. The molecular formula is C18H21NO3. The van der Waals surface area contributed by atoms with Crippen LogP contribution in [0.5, 0.6) is 5.75 Å². The van der Waals surface area contributed by atoms with Gasteiger partial charge in [-0.15, -0.1) is 0 Å². The molecule has 116 valence electrons. The Labute approximate surface area is 131 Å². The molecule has 4 heteroatoms. The number of ether oxygens (including phenoxy) is 2. The summed E-state index contributed by atoms with van der Waals surface area (Å²) in [5, 5.41) is 0. The van der Waals surface area contributed by atoms with E-state index in [1.165, 1.54) is 0 Å². The van der Waals surface area contributed by atoms with E-state index in [4.69, 9.17) is 9.47 Å². The minimum absolute atomic E-state index is 0.0350. The van der Waals surface area contributed by atoms with Gasteiger partial charge in [0.15, 0.2) is 5.78 Å². The number of para-hydroxylation sites is 1. The van der Waals surface area contributed by atoms with Gasteiger partial charge in [0.05, 0.1) is 19.3 Å². The van der Waals surface area contributed by atoms with E-state index in [2.05, 4.69) is 4.98 Å². The summed E-state index contributed by atoms with van der Waals surface area (Å²) in [5.41, 5.74) is 1.47. The number of Topliss-reactive ketones (excluding diaryl/α,β-unsaturated/α-hetero) is 1. The van der Waals surface area contributed by atoms with Gasteiger partial charge in [0.2, 0.25) is 0 Å². The zero-order valence-corrected chi connectivity index (χ0v) is 13.0. The summed E-state index contributed by atoms with van der Waals surface area (Å²) < 4.78 is 10.8. The molecule has 0 aliphatic heterocycles. The van der Waals surface area contributed by atoms with Gasteiger partial charge >= 0.3 is 0 Å². The highest BCUT2D eigenvalue weighted by atomic mass is 16.5. The predicted molar refractivity (Wildman–Crippen MR) is 85.4 cm³/mol. The molecule has 0 aliphatic rings. The van der Waals surface area contributed by atoms with Crippen LogP contribution < -0.4 is 4.74 Å². The number of nitrogens with zero attached hydrogens (tertiary/aromatic N) is 1. The standard InChI is InChI=1S/C18H21NO3/c1-3-22-13-14(16-9-6-7-11-19-16)12-17(20)15-8-4-5-10-18(15)21-2/h4-11,14H,3,12-13H2,1-2H3. The lowest BCUT2D eigenvalue weighted by Crippen LogP contribution is -2.15. The summed E-state index contributed by atoms with van der Waals surface area (Å²) in [4.78, 5) is 17.0. The Balaban J connectivity index is 2.17. The van der Waals surface area contributed by atoms with E-state index in [1.54, 1.807) is 25.4 Å². The van der Waals surface area contributed by atoms with Gasteiger partial charge in [-0.1, -0.05) is 18.2 Å². The Morgan fingerprint density at radius 2 is 1.95 bits per heavy atom. The van der Waals surface area contributed by atoms with Gasteiger partial charge in [-0.3, -0.25) is 9.78 Å². The van der Waals surface area contributed by atoms with Crippen LogP contribution in [0.3, 0.4) is 0 Å². The molecule has 0 saturated heterocycles. The van der Waals surface area contributed by atoms with Gasteiger partial charge in [0.25, 0.3) is 0 Å². The molecule has 0 bridgehead atoms. The van der Waals surface area contributed by atoms with Crippen molar-refractivity contribution in [3.05, 3.63) is 59.9 Å². The minimum Gasteiger partial charge on any atom is -0.496 e. The topological polar surface area (TPSA) is 48.4 Å². The first-order chi connectivity index (χ1) is 10.8. The molecule has 0 amide bonds. The second-order valence-corrected chi connectivity index (χ2v) is 4.94. The molecule has 22 heavy (non-hydrogen) atoms. The lowest BCUT2D eigenvalue weighted by Gasteiger charge is -2.16. The van der Waals surface area contributed by atoms with Crippen molar-refractivity contribution in [1.29, 1.82) is 0 Å². The normalized spacial score (nSPS) is 11.9. The molecule has 1 heterocycles. The van der Waals surface area contributed by atoms with Gasteiger partial charge in [-0.05, 0) is 31.2 Å². The summed E-state index contributed by atoms with van der Waals surface area (Å²) in [6.45, 7) is 3.04. The van der Waals surface area contributed by atoms with Crippen molar-refractivity contribution in [2.24, 2.45) is 0 Å². The monoisotopic (exact) mass is 299 g/mol. The van der Waals surface area contributed by atoms with Crippen LogP contribution in [0.2, 0.25) is 0 Å². The van der Waals surface area contributed by atoms with E-state index in [1.807, 2.05) is 37.3 Å². The number of rotatable bonds is 8. The Morgan fingerprint density at radius 3 is 2.64 bits per heavy atom. The van der Waals surface area contributed by atoms with Crippen molar-refractivity contribution in [3.63, 3.8) is 0 Å². The third-order valence-electron chi connectivity index (χ3n) is 3.47. The number of hydrogen-bond donors (Lipinski definition) is 0. The first-order valence-corrected chi connectivity index (χ1v) is 7.41. The summed E-state index contributed by atoms with van der Waals surface area (Å²) in [7, 11) is 1.57. The number of methoxy groups -OCH3 is 1. The fraction of sp³-hybridized carbons (Fsp3) is 0.333. The number of benzene rings is 1. The summed E-state index contributed by atoms with van der Waals surface area (Å²) in [6, 6.07) is 13.0. The van der Waals surface area contributed by atoms with Crippen LogP contribution in [-0.4, -0.2) is 31.1 Å². The molecular weight excluding hydrogens is 278 g/mol. The molecule has 1 atom stereocenters. The molecule has 0 fully saturated rings. The Morgan fingerprint density at radius 1 is 1.18 bits per heavy atom. The summed E-state index contributed by atoms with van der Waals surface area (Å²) in [6.07, 6.45) is 2.08. The fourth-order valence-corrected chi connectivity index (χ4v) is 2.34. The predicted octanol–water partition coefficient (Wildman–Crippen LogP) is 3.48. The van der Waals surface area contributed by atoms with Gasteiger partial charge in [-0.25, -0.2) is 0 Å². The van der Waals surface area contributed by atoms with Gasteiger partial charge in [0, 0.05) is 30.8 Å². The average molecular weight is 299 g/mol. The van der Waals surface area contributed by atoms with E-state index in [9.17, 15) is 4.79 Å². The number of carbonyl (C=O) groups is 1. The first kappa shape index (κ1) is 16.2. The van der Waals surface area contributed by atoms with Crippen LogP contribution >= 0.6 is 0 Å². The SMILES string of the molecule is CCOCC(CC(=O)c1ccccc1OC)c1ccccn1. The van der Waals surface area contributed by atoms with E-state index in [0.717, 1.165) is 5.69 Å². The third-order valence-corrected chi connectivity index (χ3v) is 3.47. The highest BCUT2D eigenvalue weighted by Gasteiger charge is 2.20. The zero-order valence-electron chi connectivity index (χ0n) is 13.0. The molecule has 1 unspecified atom stereocenters. The molecule has 1 aromatic heterocycles. The average Bonchev–Trinajstić information content (AvgIpc) is 2.59. The van der Waals surface area contributed by atoms with Crippen molar-refractivity contribution in [2.75, 3.05) is 20.3 Å².